The average molecular weight is 775 g/mol. The molecular formula is C47H62N6O4. The third-order valence-corrected chi connectivity index (χ3v) is 10.4. The van der Waals surface area contributed by atoms with Gasteiger partial charge in [0.2, 0.25) is 0 Å². The van der Waals surface area contributed by atoms with Gasteiger partial charge in [-0.2, -0.15) is 5.10 Å². The van der Waals surface area contributed by atoms with E-state index in [0.717, 1.165) is 68.4 Å². The van der Waals surface area contributed by atoms with Crippen molar-refractivity contribution in [3.63, 3.8) is 0 Å². The molecule has 3 unspecified atom stereocenters. The summed E-state index contributed by atoms with van der Waals surface area (Å²) in [6, 6.07) is 35.5. The Kier molecular flexibility index (Phi) is 16.1. The van der Waals surface area contributed by atoms with Crippen LogP contribution in [0.25, 0.3) is 16.8 Å². The third kappa shape index (κ3) is 10.8. The molecule has 7 rings (SSSR count). The van der Waals surface area contributed by atoms with E-state index in [2.05, 4.69) is 120 Å². The van der Waals surface area contributed by atoms with E-state index in [1.54, 1.807) is 15.6 Å². The van der Waals surface area contributed by atoms with Crippen molar-refractivity contribution in [3.05, 3.63) is 138 Å². The van der Waals surface area contributed by atoms with Crippen LogP contribution in [0.15, 0.2) is 127 Å². The largest absolute Gasteiger partial charge is 0.491 e. The molecule has 4 aromatic carbocycles. The molecule has 0 bridgehead atoms. The van der Waals surface area contributed by atoms with Gasteiger partial charge in [0.15, 0.2) is 5.79 Å². The van der Waals surface area contributed by atoms with E-state index in [1.165, 1.54) is 16.8 Å². The number of anilines is 2. The zero-order valence-electron chi connectivity index (χ0n) is 34.8. The highest BCUT2D eigenvalue weighted by Crippen LogP contribution is 2.38. The normalized spacial score (nSPS) is 18.2. The van der Waals surface area contributed by atoms with Gasteiger partial charge >= 0.3 is 5.69 Å². The maximum atomic E-state index is 12.8. The lowest BCUT2D eigenvalue weighted by atomic mass is 9.99. The van der Waals surface area contributed by atoms with Crippen LogP contribution in [0.2, 0.25) is 0 Å². The minimum atomic E-state index is -0.756. The maximum absolute atomic E-state index is 12.8. The van der Waals surface area contributed by atoms with Crippen LogP contribution in [0.3, 0.4) is 0 Å². The number of nitrogens with one attached hydrogen (secondary N) is 1. The topological polar surface area (TPSA) is 86.0 Å². The lowest BCUT2D eigenvalue weighted by Crippen LogP contribution is -2.46. The van der Waals surface area contributed by atoms with E-state index in [4.69, 9.17) is 14.2 Å². The van der Waals surface area contributed by atoms with Crippen molar-refractivity contribution < 1.29 is 14.2 Å². The van der Waals surface area contributed by atoms with Crippen LogP contribution < -0.4 is 25.5 Å². The summed E-state index contributed by atoms with van der Waals surface area (Å²) in [4.78, 5) is 17.6. The lowest BCUT2D eigenvalue weighted by molar-refractivity contribution is -0.181. The Morgan fingerprint density at radius 1 is 0.842 bits per heavy atom. The summed E-state index contributed by atoms with van der Waals surface area (Å²) < 4.78 is 22.1. The molecular weight excluding hydrogens is 713 g/mol. The first-order valence-corrected chi connectivity index (χ1v) is 20.7. The summed E-state index contributed by atoms with van der Waals surface area (Å²) in [7, 11) is 0. The standard InChI is InChI=1S/C40H45N5O4.C5H11N.C2H6/c1-4-30(3)45-39(46)44(29-41-45)36-17-15-34(16-18-36)42-23-25-43(26-24-42)35-19-21-37(22-20-35)47-27-38-28-48-40(5-2,49-38)33-13-11-32(12-14-33)31-9-7-6-8-10-31;1-3-5-6-4-2;1-2/h6-22,29-30,38H,4-5,23-28H2,1-3H3;3,6H,1,4-5H2,2H3;1-2H3. The molecule has 1 aromatic heterocycles. The molecule has 5 aromatic rings. The highest BCUT2D eigenvalue weighted by molar-refractivity contribution is 5.63. The molecule has 2 aliphatic rings. The first kappa shape index (κ1) is 43.0. The van der Waals surface area contributed by atoms with Crippen LogP contribution in [0.5, 0.6) is 5.75 Å². The summed E-state index contributed by atoms with van der Waals surface area (Å²) >= 11 is 0. The van der Waals surface area contributed by atoms with Crippen LogP contribution in [-0.4, -0.2) is 72.9 Å². The van der Waals surface area contributed by atoms with E-state index in [0.29, 0.717) is 19.6 Å². The molecule has 0 amide bonds. The van der Waals surface area contributed by atoms with E-state index in [9.17, 15) is 4.79 Å². The zero-order chi connectivity index (χ0) is 40.6. The second-order valence-corrected chi connectivity index (χ2v) is 14.0. The number of nitrogens with zero attached hydrogens (tertiary/aromatic N) is 5. The molecule has 0 saturated carbocycles. The number of hydrogen-bond donors (Lipinski definition) is 1. The fourth-order valence-corrected chi connectivity index (χ4v) is 6.94. The third-order valence-electron chi connectivity index (χ3n) is 10.4. The van der Waals surface area contributed by atoms with Gasteiger partial charge in [-0.15, -0.1) is 6.58 Å². The van der Waals surface area contributed by atoms with Crippen LogP contribution in [0, 0.1) is 0 Å². The van der Waals surface area contributed by atoms with Gasteiger partial charge in [0.1, 0.15) is 24.8 Å². The second-order valence-electron chi connectivity index (χ2n) is 14.0. The van der Waals surface area contributed by atoms with Gasteiger partial charge in [-0.3, -0.25) is 0 Å². The van der Waals surface area contributed by atoms with Gasteiger partial charge in [-0.1, -0.05) is 95.3 Å². The minimum absolute atomic E-state index is 0.0757. The molecule has 2 saturated heterocycles. The summed E-state index contributed by atoms with van der Waals surface area (Å²) in [5.41, 5.74) is 6.46. The predicted octanol–water partition coefficient (Wildman–Crippen LogP) is 8.86. The van der Waals surface area contributed by atoms with Gasteiger partial charge in [0.05, 0.1) is 18.3 Å². The van der Waals surface area contributed by atoms with Crippen molar-refractivity contribution in [2.24, 2.45) is 0 Å². The van der Waals surface area contributed by atoms with Crippen molar-refractivity contribution >= 4 is 11.4 Å². The molecule has 10 heteroatoms. The lowest BCUT2D eigenvalue weighted by Gasteiger charge is -2.37. The molecule has 0 radical (unpaired) electrons. The van der Waals surface area contributed by atoms with Crippen LogP contribution in [0.1, 0.15) is 66.0 Å². The number of aromatic nitrogens is 3. The number of rotatable bonds is 14. The molecule has 304 valence electrons. The number of likely N-dealkylation sites (N-methyl/N-ethyl adjacent to an activating group) is 1. The molecule has 3 heterocycles. The Labute approximate surface area is 339 Å². The van der Waals surface area contributed by atoms with Crippen LogP contribution in [-0.2, 0) is 15.3 Å². The maximum Gasteiger partial charge on any atom is 0.350 e. The van der Waals surface area contributed by atoms with Crippen LogP contribution >= 0.6 is 0 Å². The minimum Gasteiger partial charge on any atom is -0.491 e. The van der Waals surface area contributed by atoms with Crippen LogP contribution in [0.4, 0.5) is 11.4 Å². The van der Waals surface area contributed by atoms with Gasteiger partial charge < -0.3 is 29.3 Å². The SMILES string of the molecule is C=CCNCC.CC.CCC(C)n1ncn(-c2ccc(N3CCN(c4ccc(OCC5COC(CC)(c6ccc(-c7ccccc7)cc6)O5)cc4)CC3)cc2)c1=O. The highest BCUT2D eigenvalue weighted by atomic mass is 16.8. The molecule has 10 nitrogen and oxygen atoms in total. The molecule has 1 N–H and O–H groups in total. The number of hydrogen-bond acceptors (Lipinski definition) is 8. The highest BCUT2D eigenvalue weighted by Gasteiger charge is 2.42. The Balaban J connectivity index is 0.000000711. The van der Waals surface area contributed by atoms with Gasteiger partial charge in [0, 0.05) is 56.1 Å². The van der Waals surface area contributed by atoms with Crippen molar-refractivity contribution in [2.45, 2.75) is 72.3 Å². The van der Waals surface area contributed by atoms with E-state index in [1.807, 2.05) is 57.2 Å². The van der Waals surface area contributed by atoms with Gasteiger partial charge in [0.25, 0.3) is 0 Å². The van der Waals surface area contributed by atoms with Gasteiger partial charge in [-0.25, -0.2) is 14.0 Å². The van der Waals surface area contributed by atoms with Crippen molar-refractivity contribution in [3.8, 4) is 22.6 Å². The Bertz CT molecular complexity index is 1970. The summed E-state index contributed by atoms with van der Waals surface area (Å²) in [6.07, 6.45) is 4.88. The fourth-order valence-electron chi connectivity index (χ4n) is 6.94. The Hall–Kier alpha value is -5.16. The number of benzene rings is 4. The molecule has 0 aliphatic carbocycles. The predicted molar refractivity (Wildman–Crippen MR) is 234 cm³/mol. The summed E-state index contributed by atoms with van der Waals surface area (Å²) in [5, 5.41) is 7.39. The Morgan fingerprint density at radius 2 is 1.42 bits per heavy atom. The van der Waals surface area contributed by atoms with E-state index in [-0.39, 0.29) is 17.8 Å². The summed E-state index contributed by atoms with van der Waals surface area (Å²) in [5.74, 6) is 0.0646. The van der Waals surface area contributed by atoms with E-state index >= 15 is 0 Å². The van der Waals surface area contributed by atoms with Crippen molar-refractivity contribution in [1.29, 1.82) is 0 Å². The Morgan fingerprint density at radius 3 is 1.96 bits per heavy atom. The zero-order valence-corrected chi connectivity index (χ0v) is 34.8. The molecule has 57 heavy (non-hydrogen) atoms. The van der Waals surface area contributed by atoms with Crippen molar-refractivity contribution in [1.82, 2.24) is 19.7 Å². The second kappa shape index (κ2) is 21.4. The first-order chi connectivity index (χ1) is 27.9. The molecule has 2 fully saturated rings. The average Bonchev–Trinajstić information content (AvgIpc) is 3.90. The molecule has 2 aliphatic heterocycles. The first-order valence-electron chi connectivity index (χ1n) is 20.7. The number of piperazine rings is 1. The molecule has 3 atom stereocenters. The van der Waals surface area contributed by atoms with E-state index < -0.39 is 5.79 Å². The number of ether oxygens (including phenoxy) is 3. The monoisotopic (exact) mass is 774 g/mol. The quantitative estimate of drug-likeness (QED) is 0.0886. The summed E-state index contributed by atoms with van der Waals surface area (Å²) in [6.45, 7) is 22.3. The molecule has 0 spiro atoms. The van der Waals surface area contributed by atoms with Crippen molar-refractivity contribution in [2.75, 3.05) is 62.3 Å². The smallest absolute Gasteiger partial charge is 0.350 e. The van der Waals surface area contributed by atoms with Gasteiger partial charge in [-0.05, 0) is 79.5 Å². The fraction of sp³-hybridized carbons (Fsp3) is 0.404.